The summed E-state index contributed by atoms with van der Waals surface area (Å²) in [5, 5.41) is 29.6. The van der Waals surface area contributed by atoms with Crippen LogP contribution < -0.4 is 0 Å². The Morgan fingerprint density at radius 1 is 1.18 bits per heavy atom. The van der Waals surface area contributed by atoms with Crippen LogP contribution in [-0.2, 0) is 4.74 Å². The van der Waals surface area contributed by atoms with Crippen molar-refractivity contribution < 1.29 is 14.9 Å². The molecule has 2 unspecified atom stereocenters. The van der Waals surface area contributed by atoms with Gasteiger partial charge in [0.05, 0.1) is 11.6 Å². The van der Waals surface area contributed by atoms with E-state index in [4.69, 9.17) is 10.00 Å². The Kier molecular flexibility index (Phi) is 4.55. The van der Waals surface area contributed by atoms with E-state index in [1.165, 1.54) is 0 Å². The van der Waals surface area contributed by atoms with Crippen LogP contribution in [0.3, 0.4) is 0 Å². The Bertz CT molecular complexity index is 585. The fourth-order valence-electron chi connectivity index (χ4n) is 3.08. The van der Waals surface area contributed by atoms with E-state index in [1.807, 2.05) is 0 Å². The molecule has 2 heterocycles. The second kappa shape index (κ2) is 6.59. The normalized spacial score (nSPS) is 26.7. The third-order valence-corrected chi connectivity index (χ3v) is 4.42. The lowest BCUT2D eigenvalue weighted by Gasteiger charge is -2.31. The smallest absolute Gasteiger partial charge is 0.136 e. The van der Waals surface area contributed by atoms with Crippen molar-refractivity contribution in [1.82, 2.24) is 4.90 Å². The first-order chi connectivity index (χ1) is 10.7. The van der Waals surface area contributed by atoms with Crippen LogP contribution in [0, 0.1) is 17.2 Å². The first-order valence-corrected chi connectivity index (χ1v) is 7.61. The zero-order valence-corrected chi connectivity index (χ0v) is 12.4. The van der Waals surface area contributed by atoms with Crippen molar-refractivity contribution in [3.8, 4) is 6.07 Å². The predicted molar refractivity (Wildman–Crippen MR) is 81.4 cm³/mol. The van der Waals surface area contributed by atoms with Crippen molar-refractivity contribution in [2.45, 2.75) is 25.3 Å². The van der Waals surface area contributed by atoms with Crippen molar-refractivity contribution in [1.29, 1.82) is 5.26 Å². The highest BCUT2D eigenvalue weighted by molar-refractivity contribution is 5.71. The molecule has 2 aliphatic heterocycles. The molecule has 2 atom stereocenters. The maximum absolute atomic E-state index is 10.5. The summed E-state index contributed by atoms with van der Waals surface area (Å²) in [4.78, 5) is 1.71. The topological polar surface area (TPSA) is 76.7 Å². The summed E-state index contributed by atoms with van der Waals surface area (Å²) in [6.07, 6.45) is 2.02. The molecule has 5 nitrogen and oxygen atoms in total. The second-order valence-corrected chi connectivity index (χ2v) is 5.85. The van der Waals surface area contributed by atoms with E-state index >= 15 is 0 Å². The molecule has 1 fully saturated rings. The number of nitrogens with zero attached hydrogens (tertiary/aromatic N) is 2. The van der Waals surface area contributed by atoms with Crippen LogP contribution in [-0.4, -0.2) is 47.3 Å². The van der Waals surface area contributed by atoms with Crippen LogP contribution in [0.2, 0.25) is 0 Å². The van der Waals surface area contributed by atoms with E-state index in [-0.39, 0.29) is 0 Å². The summed E-state index contributed by atoms with van der Waals surface area (Å²) in [6.45, 7) is 2.16. The monoisotopic (exact) mass is 300 g/mol. The van der Waals surface area contributed by atoms with Gasteiger partial charge in [-0.05, 0) is 42.5 Å². The molecule has 0 bridgehead atoms. The Morgan fingerprint density at radius 2 is 1.86 bits per heavy atom. The zero-order valence-electron chi connectivity index (χ0n) is 12.4. The maximum Gasteiger partial charge on any atom is 0.136 e. The van der Waals surface area contributed by atoms with Crippen LogP contribution in [0.5, 0.6) is 0 Å². The average molecular weight is 300 g/mol. The summed E-state index contributed by atoms with van der Waals surface area (Å²) >= 11 is 0. The number of rotatable bonds is 3. The molecule has 2 aliphatic rings. The molecule has 0 spiro atoms. The van der Waals surface area contributed by atoms with Gasteiger partial charge < -0.3 is 14.9 Å². The molecular weight excluding hydrogens is 280 g/mol. The van der Waals surface area contributed by atoms with Gasteiger partial charge in [0.15, 0.2) is 0 Å². The molecule has 0 amide bonds. The molecule has 2 N–H and O–H groups in total. The van der Waals surface area contributed by atoms with Gasteiger partial charge in [0, 0.05) is 25.3 Å². The molecule has 0 aromatic heterocycles. The second-order valence-electron chi connectivity index (χ2n) is 5.85. The van der Waals surface area contributed by atoms with E-state index in [1.54, 1.807) is 35.2 Å². The summed E-state index contributed by atoms with van der Waals surface area (Å²) in [7, 11) is 0. The third kappa shape index (κ3) is 3.06. The number of aliphatic hydroxyl groups is 2. The highest BCUT2D eigenvalue weighted by atomic mass is 16.5. The minimum Gasteiger partial charge on any atom is -0.381 e. The summed E-state index contributed by atoms with van der Waals surface area (Å²) in [6, 6.07) is 9.12. The fraction of sp³-hybridized carbons (Fsp3) is 0.471. The Hall–Kier alpha value is -1.71. The molecule has 1 aromatic carbocycles. The van der Waals surface area contributed by atoms with E-state index < -0.39 is 12.5 Å². The van der Waals surface area contributed by atoms with E-state index in [2.05, 4.69) is 6.07 Å². The van der Waals surface area contributed by atoms with Crippen LogP contribution in [0.25, 0.3) is 5.57 Å². The highest BCUT2D eigenvalue weighted by Gasteiger charge is 2.34. The van der Waals surface area contributed by atoms with Gasteiger partial charge in [0.1, 0.15) is 12.5 Å². The molecule has 116 valence electrons. The largest absolute Gasteiger partial charge is 0.381 e. The number of ether oxygens (including phenoxy) is 1. The first kappa shape index (κ1) is 15.2. The van der Waals surface area contributed by atoms with Gasteiger partial charge in [0.25, 0.3) is 0 Å². The van der Waals surface area contributed by atoms with E-state index in [9.17, 15) is 10.2 Å². The molecule has 22 heavy (non-hydrogen) atoms. The summed E-state index contributed by atoms with van der Waals surface area (Å²) in [5.41, 5.74) is 2.11. The molecule has 0 radical (unpaired) electrons. The number of hydrogen-bond donors (Lipinski definition) is 2. The standard InChI is InChI=1S/C17H20N2O3/c18-10-12-1-3-14(4-2-12)15-9-16(20)19(17(15)21)11-13-5-7-22-8-6-13/h1-4,9,13,16-17,20-21H,5-8,11H2. The molecule has 3 rings (SSSR count). The van der Waals surface area contributed by atoms with Crippen molar-refractivity contribution in [3.63, 3.8) is 0 Å². The van der Waals surface area contributed by atoms with Crippen molar-refractivity contribution in [2.24, 2.45) is 5.92 Å². The average Bonchev–Trinajstić information content (AvgIpc) is 2.84. The van der Waals surface area contributed by atoms with Crippen LogP contribution in [0.15, 0.2) is 30.3 Å². The Morgan fingerprint density at radius 3 is 2.50 bits per heavy atom. The quantitative estimate of drug-likeness (QED) is 0.880. The first-order valence-electron chi connectivity index (χ1n) is 7.61. The Balaban J connectivity index is 1.71. The maximum atomic E-state index is 10.5. The van der Waals surface area contributed by atoms with Crippen LogP contribution in [0.1, 0.15) is 24.0 Å². The van der Waals surface area contributed by atoms with Crippen molar-refractivity contribution in [2.75, 3.05) is 19.8 Å². The predicted octanol–water partition coefficient (Wildman–Crippen LogP) is 1.32. The fourth-order valence-corrected chi connectivity index (χ4v) is 3.08. The van der Waals surface area contributed by atoms with Gasteiger partial charge in [-0.3, -0.25) is 0 Å². The molecular formula is C17H20N2O3. The number of hydrogen-bond acceptors (Lipinski definition) is 5. The van der Waals surface area contributed by atoms with E-state index in [0.29, 0.717) is 23.6 Å². The number of benzene rings is 1. The molecule has 0 saturated carbocycles. The SMILES string of the molecule is N#Cc1ccc(C2=CC(O)N(CC3CCOCC3)C2O)cc1. The number of nitriles is 1. The zero-order chi connectivity index (χ0) is 15.5. The van der Waals surface area contributed by atoms with Gasteiger partial charge in [-0.25, -0.2) is 4.90 Å². The molecule has 5 heteroatoms. The van der Waals surface area contributed by atoms with Gasteiger partial charge in [-0.1, -0.05) is 12.1 Å². The molecule has 1 saturated heterocycles. The molecule has 0 aliphatic carbocycles. The summed E-state index contributed by atoms with van der Waals surface area (Å²) in [5.74, 6) is 0.437. The lowest BCUT2D eigenvalue weighted by molar-refractivity contribution is -0.0558. The number of aliphatic hydroxyl groups excluding tert-OH is 2. The van der Waals surface area contributed by atoms with Crippen LogP contribution >= 0.6 is 0 Å². The van der Waals surface area contributed by atoms with E-state index in [0.717, 1.165) is 31.6 Å². The van der Waals surface area contributed by atoms with Gasteiger partial charge in [-0.2, -0.15) is 5.26 Å². The minimum atomic E-state index is -0.814. The van der Waals surface area contributed by atoms with Gasteiger partial charge >= 0.3 is 0 Å². The lowest BCUT2D eigenvalue weighted by Crippen LogP contribution is -2.42. The van der Waals surface area contributed by atoms with Crippen molar-refractivity contribution >= 4 is 5.57 Å². The third-order valence-electron chi connectivity index (χ3n) is 4.42. The summed E-state index contributed by atoms with van der Waals surface area (Å²) < 4.78 is 5.35. The van der Waals surface area contributed by atoms with Crippen molar-refractivity contribution in [3.05, 3.63) is 41.5 Å². The highest BCUT2D eigenvalue weighted by Crippen LogP contribution is 2.31. The minimum absolute atomic E-state index is 0.437. The van der Waals surface area contributed by atoms with Gasteiger partial charge in [-0.15, -0.1) is 0 Å². The van der Waals surface area contributed by atoms with Crippen LogP contribution in [0.4, 0.5) is 0 Å². The van der Waals surface area contributed by atoms with Gasteiger partial charge in [0.2, 0.25) is 0 Å². The Labute approximate surface area is 130 Å². The molecule has 1 aromatic rings. The lowest BCUT2D eigenvalue weighted by atomic mass is 9.99.